The summed E-state index contributed by atoms with van der Waals surface area (Å²) in [6.45, 7) is 3.78. The fraction of sp³-hybridized carbons (Fsp3) is 0.462. The van der Waals surface area contributed by atoms with Gasteiger partial charge in [0.1, 0.15) is 17.6 Å². The molecule has 0 spiro atoms. The molecule has 0 heterocycles. The molecule has 0 fully saturated rings. The molecule has 5 heteroatoms. The fourth-order valence-corrected chi connectivity index (χ4v) is 1.63. The van der Waals surface area contributed by atoms with E-state index in [-0.39, 0.29) is 12.5 Å². The second kappa shape index (κ2) is 6.35. The van der Waals surface area contributed by atoms with E-state index in [2.05, 4.69) is 5.32 Å². The van der Waals surface area contributed by atoms with Crippen molar-refractivity contribution in [2.24, 2.45) is 5.92 Å². The van der Waals surface area contributed by atoms with Crippen LogP contribution in [0.2, 0.25) is 0 Å². The van der Waals surface area contributed by atoms with E-state index in [1.54, 1.807) is 26.0 Å². The summed E-state index contributed by atoms with van der Waals surface area (Å²) in [5.41, 5.74) is 0.419. The second-order valence-corrected chi connectivity index (χ2v) is 4.40. The van der Waals surface area contributed by atoms with Gasteiger partial charge in [-0.05, 0) is 12.0 Å². The van der Waals surface area contributed by atoms with Crippen molar-refractivity contribution in [3.05, 3.63) is 29.6 Å². The molecule has 4 nitrogen and oxygen atoms in total. The van der Waals surface area contributed by atoms with Crippen molar-refractivity contribution in [2.75, 3.05) is 7.11 Å². The van der Waals surface area contributed by atoms with Gasteiger partial charge in [0.05, 0.1) is 7.11 Å². The van der Waals surface area contributed by atoms with Gasteiger partial charge in [-0.15, -0.1) is 0 Å². The lowest BCUT2D eigenvalue weighted by Crippen LogP contribution is -2.40. The summed E-state index contributed by atoms with van der Waals surface area (Å²) in [7, 11) is 1.46. The molecule has 0 aliphatic rings. The van der Waals surface area contributed by atoms with E-state index in [0.29, 0.717) is 11.3 Å². The molecule has 1 atom stereocenters. The number of rotatable bonds is 6. The molecule has 0 aliphatic heterocycles. The van der Waals surface area contributed by atoms with Crippen molar-refractivity contribution in [3.63, 3.8) is 0 Å². The van der Waals surface area contributed by atoms with Gasteiger partial charge >= 0.3 is 5.97 Å². The number of carboxylic acids is 1. The first-order valence-corrected chi connectivity index (χ1v) is 5.74. The van der Waals surface area contributed by atoms with E-state index in [1.165, 1.54) is 13.2 Å². The van der Waals surface area contributed by atoms with Crippen LogP contribution in [0, 0.1) is 11.7 Å². The van der Waals surface area contributed by atoms with Crippen LogP contribution in [0.3, 0.4) is 0 Å². The largest absolute Gasteiger partial charge is 0.497 e. The Morgan fingerprint density at radius 2 is 2.17 bits per heavy atom. The van der Waals surface area contributed by atoms with Gasteiger partial charge in [-0.3, -0.25) is 10.1 Å². The highest BCUT2D eigenvalue weighted by atomic mass is 19.1. The third-order valence-corrected chi connectivity index (χ3v) is 2.71. The lowest BCUT2D eigenvalue weighted by Gasteiger charge is -2.18. The Labute approximate surface area is 106 Å². The molecule has 1 aromatic rings. The predicted octanol–water partition coefficient (Wildman–Crippen LogP) is 2.03. The molecule has 0 aromatic heterocycles. The number of carbonyl (C=O) groups is 1. The molecule has 2 N–H and O–H groups in total. The third kappa shape index (κ3) is 3.70. The summed E-state index contributed by atoms with van der Waals surface area (Å²) in [6.07, 6.45) is 0. The van der Waals surface area contributed by atoms with Crippen LogP contribution in [0.1, 0.15) is 19.4 Å². The Balaban J connectivity index is 2.70. The van der Waals surface area contributed by atoms with Gasteiger partial charge in [-0.2, -0.15) is 0 Å². The van der Waals surface area contributed by atoms with Crippen LogP contribution >= 0.6 is 0 Å². The van der Waals surface area contributed by atoms with Crippen molar-refractivity contribution >= 4 is 5.97 Å². The standard InChI is InChI=1S/C13H18FNO3/c1-8(2)12(13(16)17)15-7-9-4-5-10(18-3)6-11(9)14/h4-6,8,12,15H,7H2,1-3H3,(H,16,17). The third-order valence-electron chi connectivity index (χ3n) is 2.71. The first kappa shape index (κ1) is 14.4. The minimum atomic E-state index is -0.932. The van der Waals surface area contributed by atoms with Crippen LogP contribution in [-0.2, 0) is 11.3 Å². The summed E-state index contributed by atoms with van der Waals surface area (Å²) in [6, 6.07) is 3.82. The van der Waals surface area contributed by atoms with Gasteiger partial charge in [0.2, 0.25) is 0 Å². The van der Waals surface area contributed by atoms with Crippen molar-refractivity contribution in [3.8, 4) is 5.75 Å². The van der Waals surface area contributed by atoms with Gasteiger partial charge < -0.3 is 9.84 Å². The smallest absolute Gasteiger partial charge is 0.320 e. The van der Waals surface area contributed by atoms with Crippen LogP contribution in [0.4, 0.5) is 4.39 Å². The molecule has 100 valence electrons. The fourth-order valence-electron chi connectivity index (χ4n) is 1.63. The van der Waals surface area contributed by atoms with E-state index in [4.69, 9.17) is 9.84 Å². The van der Waals surface area contributed by atoms with Crippen molar-refractivity contribution in [2.45, 2.75) is 26.4 Å². The molecule has 0 amide bonds. The number of hydrogen-bond donors (Lipinski definition) is 2. The van der Waals surface area contributed by atoms with E-state index in [1.807, 2.05) is 0 Å². The Morgan fingerprint density at radius 1 is 1.50 bits per heavy atom. The Morgan fingerprint density at radius 3 is 2.61 bits per heavy atom. The zero-order valence-corrected chi connectivity index (χ0v) is 10.7. The number of ether oxygens (including phenoxy) is 1. The van der Waals surface area contributed by atoms with Crippen molar-refractivity contribution in [1.82, 2.24) is 5.32 Å². The number of hydrogen-bond acceptors (Lipinski definition) is 3. The van der Waals surface area contributed by atoms with Crippen LogP contribution in [0.25, 0.3) is 0 Å². The molecule has 0 radical (unpaired) electrons. The number of aliphatic carboxylic acids is 1. The molecule has 0 aliphatic carbocycles. The first-order valence-electron chi connectivity index (χ1n) is 5.74. The predicted molar refractivity (Wildman–Crippen MR) is 66.1 cm³/mol. The van der Waals surface area contributed by atoms with E-state index < -0.39 is 17.8 Å². The summed E-state index contributed by atoms with van der Waals surface area (Å²) in [4.78, 5) is 11.0. The monoisotopic (exact) mass is 255 g/mol. The van der Waals surface area contributed by atoms with Gasteiger partial charge in [-0.1, -0.05) is 19.9 Å². The topological polar surface area (TPSA) is 58.6 Å². The quantitative estimate of drug-likeness (QED) is 0.816. The lowest BCUT2D eigenvalue weighted by atomic mass is 10.0. The number of nitrogens with one attached hydrogen (secondary N) is 1. The van der Waals surface area contributed by atoms with Crippen LogP contribution in [-0.4, -0.2) is 24.2 Å². The Hall–Kier alpha value is -1.62. The summed E-state index contributed by atoms with van der Waals surface area (Å²) in [5, 5.41) is 11.8. The number of halogens is 1. The number of methoxy groups -OCH3 is 1. The molecule has 0 saturated carbocycles. The van der Waals surface area contributed by atoms with Crippen LogP contribution in [0.15, 0.2) is 18.2 Å². The minimum absolute atomic E-state index is 0.0659. The molecule has 0 saturated heterocycles. The molecule has 1 unspecified atom stereocenters. The van der Waals surface area contributed by atoms with Crippen LogP contribution in [0.5, 0.6) is 5.75 Å². The number of benzene rings is 1. The maximum absolute atomic E-state index is 13.6. The molecular formula is C13H18FNO3. The molecule has 0 bridgehead atoms. The first-order chi connectivity index (χ1) is 8.45. The highest BCUT2D eigenvalue weighted by Crippen LogP contribution is 2.16. The van der Waals surface area contributed by atoms with Gasteiger partial charge in [0, 0.05) is 18.2 Å². The SMILES string of the molecule is COc1ccc(CNC(C(=O)O)C(C)C)c(F)c1. The Kier molecular flexibility index (Phi) is 5.09. The zero-order valence-electron chi connectivity index (χ0n) is 10.7. The van der Waals surface area contributed by atoms with Crippen molar-refractivity contribution < 1.29 is 19.0 Å². The number of carboxylic acid groups (broad SMARTS) is 1. The molecule has 1 aromatic carbocycles. The summed E-state index contributed by atoms with van der Waals surface area (Å²) >= 11 is 0. The van der Waals surface area contributed by atoms with Gasteiger partial charge in [0.15, 0.2) is 0 Å². The van der Waals surface area contributed by atoms with E-state index >= 15 is 0 Å². The van der Waals surface area contributed by atoms with Crippen LogP contribution < -0.4 is 10.1 Å². The highest BCUT2D eigenvalue weighted by Gasteiger charge is 2.20. The van der Waals surface area contributed by atoms with Gasteiger partial charge in [0.25, 0.3) is 0 Å². The Bertz CT molecular complexity index is 421. The average Bonchev–Trinajstić information content (AvgIpc) is 2.30. The molecular weight excluding hydrogens is 237 g/mol. The molecule has 1 rings (SSSR count). The zero-order chi connectivity index (χ0) is 13.7. The van der Waals surface area contributed by atoms with Gasteiger partial charge in [-0.25, -0.2) is 4.39 Å². The normalized spacial score (nSPS) is 12.5. The summed E-state index contributed by atoms with van der Waals surface area (Å²) in [5.74, 6) is -0.965. The van der Waals surface area contributed by atoms with E-state index in [0.717, 1.165) is 0 Å². The maximum Gasteiger partial charge on any atom is 0.320 e. The average molecular weight is 255 g/mol. The van der Waals surface area contributed by atoms with E-state index in [9.17, 15) is 9.18 Å². The maximum atomic E-state index is 13.6. The summed E-state index contributed by atoms with van der Waals surface area (Å²) < 4.78 is 18.5. The highest BCUT2D eigenvalue weighted by molar-refractivity contribution is 5.73. The van der Waals surface area contributed by atoms with Crippen molar-refractivity contribution in [1.29, 1.82) is 0 Å². The minimum Gasteiger partial charge on any atom is -0.497 e. The second-order valence-electron chi connectivity index (χ2n) is 4.40. The lowest BCUT2D eigenvalue weighted by molar-refractivity contribution is -0.140. The molecule has 18 heavy (non-hydrogen) atoms.